The molecular formula is C26H31Cl2N3O4S. The fraction of sp³-hybridized carbons (Fsp3) is 0.462. The quantitative estimate of drug-likeness (QED) is 0.535. The van der Waals surface area contributed by atoms with E-state index in [1.807, 2.05) is 4.90 Å². The highest BCUT2D eigenvalue weighted by Crippen LogP contribution is 2.29. The second-order valence-corrected chi connectivity index (χ2v) is 12.2. The third kappa shape index (κ3) is 6.40. The van der Waals surface area contributed by atoms with E-state index < -0.39 is 15.9 Å². The molecule has 0 spiro atoms. The van der Waals surface area contributed by atoms with Crippen molar-refractivity contribution in [1.82, 2.24) is 9.21 Å². The summed E-state index contributed by atoms with van der Waals surface area (Å²) in [6.07, 6.45) is 5.31. The lowest BCUT2D eigenvalue weighted by Crippen LogP contribution is -2.44. The van der Waals surface area contributed by atoms with Gasteiger partial charge in [-0.15, -0.1) is 0 Å². The van der Waals surface area contributed by atoms with Crippen LogP contribution in [0.25, 0.3) is 0 Å². The van der Waals surface area contributed by atoms with Crippen molar-refractivity contribution >= 4 is 50.7 Å². The van der Waals surface area contributed by atoms with E-state index in [0.29, 0.717) is 59.3 Å². The molecule has 4 rings (SSSR count). The molecule has 2 amide bonds. The Hall–Kier alpha value is -2.13. The predicted molar refractivity (Wildman–Crippen MR) is 143 cm³/mol. The van der Waals surface area contributed by atoms with Crippen molar-refractivity contribution < 1.29 is 18.0 Å². The number of para-hydroxylation sites is 1. The van der Waals surface area contributed by atoms with Crippen molar-refractivity contribution in [3.63, 3.8) is 0 Å². The monoisotopic (exact) mass is 551 g/mol. The standard InChI is InChI=1S/C26H31Cl2N3O4S/c27-22-11-7-12-23(28)21(22)18-36(34,35)31-16-8-9-19(17-31)25(32)29-24-13-4-3-10-20(24)26(33)30-14-5-1-2-6-15-30/h3-4,7,10-13,19H,1-2,5-6,8-9,14-18H2,(H,29,32)/t19-/m1/s1. The minimum absolute atomic E-state index is 0.0679. The van der Waals surface area contributed by atoms with E-state index >= 15 is 0 Å². The third-order valence-electron chi connectivity index (χ3n) is 6.85. The molecule has 1 atom stereocenters. The summed E-state index contributed by atoms with van der Waals surface area (Å²) in [6.45, 7) is 1.83. The molecule has 0 aliphatic carbocycles. The number of nitrogens with one attached hydrogen (secondary N) is 1. The number of sulfonamides is 1. The Morgan fingerprint density at radius 2 is 1.56 bits per heavy atom. The molecule has 1 N–H and O–H groups in total. The number of hydrogen-bond acceptors (Lipinski definition) is 4. The van der Waals surface area contributed by atoms with Crippen LogP contribution >= 0.6 is 23.2 Å². The number of nitrogens with zero attached hydrogens (tertiary/aromatic N) is 2. The van der Waals surface area contributed by atoms with Gasteiger partial charge in [-0.05, 0) is 49.9 Å². The lowest BCUT2D eigenvalue weighted by Gasteiger charge is -2.31. The molecule has 194 valence electrons. The van der Waals surface area contributed by atoms with Crippen LogP contribution in [0.15, 0.2) is 42.5 Å². The van der Waals surface area contributed by atoms with Gasteiger partial charge in [0.2, 0.25) is 15.9 Å². The third-order valence-corrected chi connectivity index (χ3v) is 9.33. The molecule has 2 saturated heterocycles. The molecule has 2 aliphatic heterocycles. The number of amides is 2. The van der Waals surface area contributed by atoms with Gasteiger partial charge in [-0.1, -0.05) is 54.2 Å². The number of carbonyl (C=O) groups excluding carboxylic acids is 2. The Balaban J connectivity index is 1.45. The van der Waals surface area contributed by atoms with E-state index in [1.54, 1.807) is 42.5 Å². The van der Waals surface area contributed by atoms with E-state index in [2.05, 4.69) is 5.32 Å². The van der Waals surface area contributed by atoms with Crippen molar-refractivity contribution in [2.24, 2.45) is 5.92 Å². The molecule has 0 saturated carbocycles. The van der Waals surface area contributed by atoms with Gasteiger partial charge in [0.1, 0.15) is 0 Å². The summed E-state index contributed by atoms with van der Waals surface area (Å²) in [5.74, 6) is -1.23. The first kappa shape index (κ1) is 26.9. The average Bonchev–Trinajstić information content (AvgIpc) is 3.16. The highest BCUT2D eigenvalue weighted by molar-refractivity contribution is 7.88. The first-order valence-electron chi connectivity index (χ1n) is 12.4. The summed E-state index contributed by atoms with van der Waals surface area (Å²) in [6, 6.07) is 11.9. The first-order chi connectivity index (χ1) is 17.3. The molecule has 0 bridgehead atoms. The zero-order chi connectivity index (χ0) is 25.7. The number of anilines is 1. The van der Waals surface area contributed by atoms with Crippen LogP contribution in [0.1, 0.15) is 54.4 Å². The highest BCUT2D eigenvalue weighted by atomic mass is 35.5. The lowest BCUT2D eigenvalue weighted by molar-refractivity contribution is -0.120. The summed E-state index contributed by atoms with van der Waals surface area (Å²) >= 11 is 12.4. The van der Waals surface area contributed by atoms with Crippen LogP contribution in [0.2, 0.25) is 10.0 Å². The van der Waals surface area contributed by atoms with Gasteiger partial charge in [0.25, 0.3) is 5.91 Å². The van der Waals surface area contributed by atoms with Gasteiger partial charge >= 0.3 is 0 Å². The number of likely N-dealkylation sites (tertiary alicyclic amines) is 1. The summed E-state index contributed by atoms with van der Waals surface area (Å²) in [7, 11) is -3.74. The molecule has 0 radical (unpaired) electrons. The highest BCUT2D eigenvalue weighted by Gasteiger charge is 2.33. The molecule has 2 heterocycles. The maximum absolute atomic E-state index is 13.2. The van der Waals surface area contributed by atoms with Crippen LogP contribution in [0.5, 0.6) is 0 Å². The molecule has 7 nitrogen and oxygen atoms in total. The molecule has 2 aromatic rings. The Labute approximate surface area is 222 Å². The van der Waals surface area contributed by atoms with Crippen LogP contribution in [0, 0.1) is 5.92 Å². The normalized spacial score (nSPS) is 19.5. The fourth-order valence-corrected chi connectivity index (χ4v) is 7.17. The number of hydrogen-bond donors (Lipinski definition) is 1. The van der Waals surface area contributed by atoms with Crippen LogP contribution in [0.4, 0.5) is 5.69 Å². The van der Waals surface area contributed by atoms with E-state index in [9.17, 15) is 18.0 Å². The Morgan fingerprint density at radius 3 is 2.25 bits per heavy atom. The van der Waals surface area contributed by atoms with Crippen molar-refractivity contribution in [2.75, 3.05) is 31.5 Å². The number of carbonyl (C=O) groups is 2. The van der Waals surface area contributed by atoms with Crippen molar-refractivity contribution in [3.8, 4) is 0 Å². The first-order valence-corrected chi connectivity index (χ1v) is 14.7. The lowest BCUT2D eigenvalue weighted by atomic mass is 9.98. The van der Waals surface area contributed by atoms with Gasteiger partial charge in [0.05, 0.1) is 22.9 Å². The van der Waals surface area contributed by atoms with E-state index in [4.69, 9.17) is 23.2 Å². The van der Waals surface area contributed by atoms with Crippen LogP contribution < -0.4 is 5.32 Å². The largest absolute Gasteiger partial charge is 0.339 e. The van der Waals surface area contributed by atoms with E-state index in [0.717, 1.165) is 25.7 Å². The van der Waals surface area contributed by atoms with Crippen LogP contribution in [-0.4, -0.2) is 55.6 Å². The van der Waals surface area contributed by atoms with Crippen molar-refractivity contribution in [3.05, 3.63) is 63.6 Å². The molecular weight excluding hydrogens is 521 g/mol. The number of rotatable bonds is 6. The molecule has 0 aromatic heterocycles. The van der Waals surface area contributed by atoms with Gasteiger partial charge in [0, 0.05) is 41.8 Å². The number of benzene rings is 2. The predicted octanol–water partition coefficient (Wildman–Crippen LogP) is 5.19. The van der Waals surface area contributed by atoms with Gasteiger partial charge in [0.15, 0.2) is 0 Å². The molecule has 10 heteroatoms. The number of piperidine rings is 1. The average molecular weight is 553 g/mol. The van der Waals surface area contributed by atoms with E-state index in [1.165, 1.54) is 4.31 Å². The molecule has 0 unspecified atom stereocenters. The maximum Gasteiger partial charge on any atom is 0.255 e. The zero-order valence-electron chi connectivity index (χ0n) is 20.1. The second kappa shape index (κ2) is 11.9. The minimum atomic E-state index is -3.74. The summed E-state index contributed by atoms with van der Waals surface area (Å²) in [5.41, 5.74) is 1.27. The fourth-order valence-electron chi connectivity index (χ4n) is 4.81. The van der Waals surface area contributed by atoms with Crippen LogP contribution in [-0.2, 0) is 20.6 Å². The minimum Gasteiger partial charge on any atom is -0.339 e. The van der Waals surface area contributed by atoms with Crippen molar-refractivity contribution in [1.29, 1.82) is 0 Å². The summed E-state index contributed by atoms with van der Waals surface area (Å²) in [5, 5.41) is 3.49. The molecule has 36 heavy (non-hydrogen) atoms. The Kier molecular flexibility index (Phi) is 8.93. The number of halogens is 2. The van der Waals surface area contributed by atoms with Crippen LogP contribution in [0.3, 0.4) is 0 Å². The van der Waals surface area contributed by atoms with Gasteiger partial charge < -0.3 is 10.2 Å². The molecule has 2 aromatic carbocycles. The smallest absolute Gasteiger partial charge is 0.255 e. The van der Waals surface area contributed by atoms with Gasteiger partial charge in [-0.2, -0.15) is 0 Å². The SMILES string of the molecule is O=C(Nc1ccccc1C(=O)N1CCCCCC1)[C@@H]1CCCN(S(=O)(=O)Cc2c(Cl)cccc2Cl)C1. The Morgan fingerprint density at radius 1 is 0.889 bits per heavy atom. The molecule has 2 fully saturated rings. The van der Waals surface area contributed by atoms with Gasteiger partial charge in [-0.3, -0.25) is 9.59 Å². The zero-order valence-corrected chi connectivity index (χ0v) is 22.4. The topological polar surface area (TPSA) is 86.8 Å². The summed E-state index contributed by atoms with van der Waals surface area (Å²) in [4.78, 5) is 28.3. The van der Waals surface area contributed by atoms with Crippen molar-refractivity contribution in [2.45, 2.75) is 44.3 Å². The second-order valence-electron chi connectivity index (χ2n) is 9.39. The summed E-state index contributed by atoms with van der Waals surface area (Å²) < 4.78 is 27.7. The van der Waals surface area contributed by atoms with E-state index in [-0.39, 0.29) is 24.1 Å². The maximum atomic E-state index is 13.2. The molecule has 2 aliphatic rings. The van der Waals surface area contributed by atoms with Gasteiger partial charge in [-0.25, -0.2) is 12.7 Å². The Bertz CT molecular complexity index is 1190.